The van der Waals surface area contributed by atoms with Gasteiger partial charge in [0.2, 0.25) is 5.91 Å². The summed E-state index contributed by atoms with van der Waals surface area (Å²) in [6.07, 6.45) is 0.710. The summed E-state index contributed by atoms with van der Waals surface area (Å²) in [5, 5.41) is 3.35. The number of nitrogens with one attached hydrogen (secondary N) is 1. The molecule has 0 atom stereocenters. The van der Waals surface area contributed by atoms with E-state index in [0.717, 1.165) is 0 Å². The Morgan fingerprint density at radius 3 is 2.24 bits per heavy atom. The first-order valence-corrected chi connectivity index (χ1v) is 10.0. The Kier molecular flexibility index (Phi) is 10.1. The molecule has 0 fully saturated rings. The van der Waals surface area contributed by atoms with Gasteiger partial charge in [0, 0.05) is 36.6 Å². The maximum Gasteiger partial charge on any atom is 0.326 e. The highest BCUT2D eigenvalue weighted by Crippen LogP contribution is 2.10. The molecule has 29 heavy (non-hydrogen) atoms. The Labute approximate surface area is 178 Å². The number of rotatable bonds is 10. The number of likely N-dealkylation sites (N-methyl/N-ethyl adjacent to an activating group) is 1. The molecular weight excluding hydrogens is 394 g/mol. The van der Waals surface area contributed by atoms with Gasteiger partial charge in [-0.25, -0.2) is 0 Å². The van der Waals surface area contributed by atoms with Gasteiger partial charge < -0.3 is 19.9 Å². The van der Waals surface area contributed by atoms with Gasteiger partial charge in [0.15, 0.2) is 0 Å². The third kappa shape index (κ3) is 10.9. The minimum absolute atomic E-state index is 0.0823. The van der Waals surface area contributed by atoms with Crippen LogP contribution >= 0.6 is 11.6 Å². The third-order valence-electron chi connectivity index (χ3n) is 3.87. The third-order valence-corrected chi connectivity index (χ3v) is 4.12. The van der Waals surface area contributed by atoms with Crippen LogP contribution in [-0.4, -0.2) is 73.5 Å². The number of ether oxygens (including phenoxy) is 1. The Morgan fingerprint density at radius 2 is 1.69 bits per heavy atom. The SMILES string of the molecule is CN(C)CCN(CC(=O)OC(C)(C)C)C(=O)CCCNC(=O)c1ccc(Cl)cc1. The van der Waals surface area contributed by atoms with E-state index in [-0.39, 0.29) is 24.8 Å². The fourth-order valence-corrected chi connectivity index (χ4v) is 2.57. The Morgan fingerprint density at radius 1 is 1.07 bits per heavy atom. The van der Waals surface area contributed by atoms with Gasteiger partial charge in [-0.2, -0.15) is 0 Å². The molecule has 0 aliphatic heterocycles. The molecule has 0 aromatic heterocycles. The molecule has 2 amide bonds. The standard InChI is InChI=1S/C21H32ClN3O4/c1-21(2,3)29-19(27)15-25(14-13-24(4)5)18(26)7-6-12-23-20(28)16-8-10-17(22)11-9-16/h8-11H,6-7,12-15H2,1-5H3,(H,23,28). The van der Waals surface area contributed by atoms with E-state index in [9.17, 15) is 14.4 Å². The van der Waals surface area contributed by atoms with E-state index in [0.29, 0.717) is 36.6 Å². The molecular formula is C21H32ClN3O4. The lowest BCUT2D eigenvalue weighted by atomic mass is 10.2. The summed E-state index contributed by atoms with van der Waals surface area (Å²) in [6, 6.07) is 6.60. The van der Waals surface area contributed by atoms with E-state index >= 15 is 0 Å². The first kappa shape index (κ1) is 24.9. The second-order valence-electron chi connectivity index (χ2n) is 8.07. The molecule has 0 radical (unpaired) electrons. The predicted octanol–water partition coefficient (Wildman–Crippen LogP) is 2.58. The number of hydrogen-bond donors (Lipinski definition) is 1. The van der Waals surface area contributed by atoms with Gasteiger partial charge in [-0.1, -0.05) is 11.6 Å². The molecule has 0 unspecified atom stereocenters. The Hall–Kier alpha value is -2.12. The zero-order chi connectivity index (χ0) is 22.0. The number of benzene rings is 1. The predicted molar refractivity (Wildman–Crippen MR) is 114 cm³/mol. The van der Waals surface area contributed by atoms with Gasteiger partial charge in [-0.15, -0.1) is 0 Å². The van der Waals surface area contributed by atoms with Crippen molar-refractivity contribution in [1.29, 1.82) is 0 Å². The molecule has 0 aliphatic carbocycles. The monoisotopic (exact) mass is 425 g/mol. The van der Waals surface area contributed by atoms with Crippen LogP contribution in [0, 0.1) is 0 Å². The molecule has 1 N–H and O–H groups in total. The average molecular weight is 426 g/mol. The van der Waals surface area contributed by atoms with Crippen LogP contribution in [0.15, 0.2) is 24.3 Å². The summed E-state index contributed by atoms with van der Waals surface area (Å²) in [5.74, 6) is -0.786. The molecule has 0 saturated carbocycles. The highest BCUT2D eigenvalue weighted by molar-refractivity contribution is 6.30. The Balaban J connectivity index is 2.50. The van der Waals surface area contributed by atoms with E-state index in [2.05, 4.69) is 5.32 Å². The van der Waals surface area contributed by atoms with Gasteiger partial charge in [0.1, 0.15) is 12.1 Å². The summed E-state index contributed by atoms with van der Waals surface area (Å²) in [4.78, 5) is 40.2. The molecule has 1 aromatic rings. The van der Waals surface area contributed by atoms with Crippen molar-refractivity contribution in [3.8, 4) is 0 Å². The normalized spacial score (nSPS) is 11.3. The fraction of sp³-hybridized carbons (Fsp3) is 0.571. The van der Waals surface area contributed by atoms with Crippen molar-refractivity contribution in [2.45, 2.75) is 39.2 Å². The second kappa shape index (κ2) is 11.8. The molecule has 1 aromatic carbocycles. The maximum atomic E-state index is 12.6. The van der Waals surface area contributed by atoms with Crippen LogP contribution < -0.4 is 5.32 Å². The van der Waals surface area contributed by atoms with Crippen molar-refractivity contribution in [2.75, 3.05) is 40.3 Å². The van der Waals surface area contributed by atoms with Gasteiger partial charge in [-0.3, -0.25) is 14.4 Å². The van der Waals surface area contributed by atoms with Crippen LogP contribution in [0.3, 0.4) is 0 Å². The number of carbonyl (C=O) groups is 3. The average Bonchev–Trinajstić information content (AvgIpc) is 2.60. The maximum absolute atomic E-state index is 12.6. The summed E-state index contributed by atoms with van der Waals surface area (Å²) in [5.41, 5.74) is -0.0856. The topological polar surface area (TPSA) is 79.0 Å². The van der Waals surface area contributed by atoms with Gasteiger partial charge in [-0.05, 0) is 65.6 Å². The number of halogens is 1. The number of hydrogen-bond acceptors (Lipinski definition) is 5. The van der Waals surface area contributed by atoms with Crippen molar-refractivity contribution in [1.82, 2.24) is 15.1 Å². The summed E-state index contributed by atoms with van der Waals surface area (Å²) in [6.45, 7) is 6.73. The quantitative estimate of drug-likeness (QED) is 0.460. The lowest BCUT2D eigenvalue weighted by molar-refractivity contribution is -0.159. The molecule has 8 heteroatoms. The summed E-state index contributed by atoms with van der Waals surface area (Å²) < 4.78 is 5.33. The molecule has 0 heterocycles. The van der Waals surface area contributed by atoms with Gasteiger partial charge in [0.05, 0.1) is 0 Å². The highest BCUT2D eigenvalue weighted by Gasteiger charge is 2.22. The molecule has 0 bridgehead atoms. The fourth-order valence-electron chi connectivity index (χ4n) is 2.45. The zero-order valence-electron chi connectivity index (χ0n) is 18.0. The highest BCUT2D eigenvalue weighted by atomic mass is 35.5. The first-order chi connectivity index (χ1) is 13.5. The van der Waals surface area contributed by atoms with E-state index < -0.39 is 11.6 Å². The van der Waals surface area contributed by atoms with Crippen LogP contribution in [0.2, 0.25) is 5.02 Å². The van der Waals surface area contributed by atoms with Crippen LogP contribution in [0.4, 0.5) is 0 Å². The van der Waals surface area contributed by atoms with Crippen molar-refractivity contribution in [3.05, 3.63) is 34.9 Å². The van der Waals surface area contributed by atoms with Crippen LogP contribution in [0.5, 0.6) is 0 Å². The van der Waals surface area contributed by atoms with Crippen LogP contribution in [0.1, 0.15) is 44.0 Å². The van der Waals surface area contributed by atoms with Crippen molar-refractivity contribution >= 4 is 29.4 Å². The molecule has 162 valence electrons. The van der Waals surface area contributed by atoms with Gasteiger partial charge in [0.25, 0.3) is 5.91 Å². The number of amides is 2. The summed E-state index contributed by atoms with van der Waals surface area (Å²) >= 11 is 5.81. The zero-order valence-corrected chi connectivity index (χ0v) is 18.7. The molecule has 0 saturated heterocycles. The van der Waals surface area contributed by atoms with E-state index in [1.54, 1.807) is 45.0 Å². The van der Waals surface area contributed by atoms with Gasteiger partial charge >= 0.3 is 5.97 Å². The molecule has 0 aliphatic rings. The number of nitrogens with zero attached hydrogens (tertiary/aromatic N) is 2. The van der Waals surface area contributed by atoms with Crippen molar-refractivity contribution in [3.63, 3.8) is 0 Å². The number of carbonyl (C=O) groups excluding carboxylic acids is 3. The van der Waals surface area contributed by atoms with Crippen LogP contribution in [0.25, 0.3) is 0 Å². The molecule has 7 nitrogen and oxygen atoms in total. The Bertz CT molecular complexity index is 684. The second-order valence-corrected chi connectivity index (χ2v) is 8.51. The summed E-state index contributed by atoms with van der Waals surface area (Å²) in [7, 11) is 3.81. The van der Waals surface area contributed by atoms with E-state index in [4.69, 9.17) is 16.3 Å². The molecule has 1 rings (SSSR count). The lowest BCUT2D eigenvalue weighted by Crippen LogP contribution is -2.42. The number of esters is 1. The largest absolute Gasteiger partial charge is 0.459 e. The minimum Gasteiger partial charge on any atom is -0.459 e. The van der Waals surface area contributed by atoms with Crippen LogP contribution in [-0.2, 0) is 14.3 Å². The molecule has 0 spiro atoms. The van der Waals surface area contributed by atoms with E-state index in [1.807, 2.05) is 19.0 Å². The lowest BCUT2D eigenvalue weighted by Gasteiger charge is -2.26. The van der Waals surface area contributed by atoms with E-state index in [1.165, 1.54) is 4.90 Å². The smallest absolute Gasteiger partial charge is 0.326 e. The minimum atomic E-state index is -0.598. The van der Waals surface area contributed by atoms with Crippen molar-refractivity contribution < 1.29 is 19.1 Å². The van der Waals surface area contributed by atoms with Crippen molar-refractivity contribution in [2.24, 2.45) is 0 Å². The first-order valence-electron chi connectivity index (χ1n) is 9.66.